The Bertz CT molecular complexity index is 807. The molecule has 0 amide bonds. The van der Waals surface area contributed by atoms with Gasteiger partial charge in [0, 0.05) is 12.6 Å². The number of methoxy groups -OCH3 is 1. The van der Waals surface area contributed by atoms with Gasteiger partial charge in [0.2, 0.25) is 0 Å². The van der Waals surface area contributed by atoms with Crippen molar-refractivity contribution in [3.8, 4) is 17.0 Å². The number of fused-ring (bicyclic) bond motifs is 1. The van der Waals surface area contributed by atoms with Gasteiger partial charge in [0.25, 0.3) is 0 Å². The Labute approximate surface area is 136 Å². The number of carbonyl (C=O) groups excluding carboxylic acids is 1. The Balaban J connectivity index is 2.12. The average molecular weight is 335 g/mol. The highest BCUT2D eigenvalue weighted by atomic mass is 32.1. The minimum absolute atomic E-state index is 0.244. The number of rotatable bonds is 3. The van der Waals surface area contributed by atoms with Crippen molar-refractivity contribution in [3.63, 3.8) is 0 Å². The van der Waals surface area contributed by atoms with Gasteiger partial charge in [-0.05, 0) is 36.6 Å². The number of esters is 1. The summed E-state index contributed by atoms with van der Waals surface area (Å²) < 4.78 is 11.6. The smallest absolute Gasteiger partial charge is 0.340 e. The van der Waals surface area contributed by atoms with Crippen molar-refractivity contribution < 1.29 is 19.4 Å². The molecule has 1 aliphatic rings. The molecular formula is C16H17NO5S. The van der Waals surface area contributed by atoms with Crippen molar-refractivity contribution in [2.24, 2.45) is 7.05 Å². The summed E-state index contributed by atoms with van der Waals surface area (Å²) in [5, 5.41) is 10.2. The fourth-order valence-electron chi connectivity index (χ4n) is 2.72. The van der Waals surface area contributed by atoms with Gasteiger partial charge in [-0.2, -0.15) is 0 Å². The molecule has 1 atom stereocenters. The highest BCUT2D eigenvalue weighted by Gasteiger charge is 2.27. The number of ether oxygens (including phenoxy) is 2. The highest BCUT2D eigenvalue weighted by molar-refractivity contribution is 7.10. The predicted octanol–water partition coefficient (Wildman–Crippen LogP) is 1.65. The molecule has 1 aliphatic heterocycles. The van der Waals surface area contributed by atoms with Crippen LogP contribution in [0.4, 0.5) is 0 Å². The summed E-state index contributed by atoms with van der Waals surface area (Å²) in [6.45, 7) is 0.704. The first-order valence-electron chi connectivity index (χ1n) is 7.24. The fraction of sp³-hybridized carbons (Fsp3) is 0.375. The quantitative estimate of drug-likeness (QED) is 0.863. The summed E-state index contributed by atoms with van der Waals surface area (Å²) in [4.78, 5) is 23.7. The molecule has 23 heavy (non-hydrogen) atoms. The van der Waals surface area contributed by atoms with Gasteiger partial charge in [-0.15, -0.1) is 0 Å². The van der Waals surface area contributed by atoms with Gasteiger partial charge in [0.15, 0.2) is 6.10 Å². The maximum Gasteiger partial charge on any atom is 0.340 e. The highest BCUT2D eigenvalue weighted by Crippen LogP contribution is 2.34. The second-order valence-corrected chi connectivity index (χ2v) is 6.33. The number of aliphatic hydroxyl groups excluding tert-OH is 1. The minimum atomic E-state index is -1.47. The molecule has 3 rings (SSSR count). The molecule has 0 bridgehead atoms. The summed E-state index contributed by atoms with van der Waals surface area (Å²) in [6, 6.07) is 5.64. The van der Waals surface area contributed by atoms with E-state index in [-0.39, 0.29) is 4.87 Å². The monoisotopic (exact) mass is 335 g/mol. The van der Waals surface area contributed by atoms with Crippen LogP contribution in [0.3, 0.4) is 0 Å². The number of aromatic nitrogens is 1. The largest absolute Gasteiger partial charge is 0.493 e. The minimum Gasteiger partial charge on any atom is -0.493 e. The molecule has 0 radical (unpaired) electrons. The van der Waals surface area contributed by atoms with Crippen LogP contribution >= 0.6 is 11.3 Å². The van der Waals surface area contributed by atoms with Crippen molar-refractivity contribution in [2.75, 3.05) is 13.7 Å². The average Bonchev–Trinajstić information content (AvgIpc) is 2.88. The SMILES string of the molecule is COC(=O)C(O)c1sc(=O)n(C)c1-c1ccc2c(c1)CCCO2. The summed E-state index contributed by atoms with van der Waals surface area (Å²) in [6.07, 6.45) is 0.369. The predicted molar refractivity (Wildman–Crippen MR) is 85.8 cm³/mol. The van der Waals surface area contributed by atoms with E-state index in [0.717, 1.165) is 41.1 Å². The van der Waals surface area contributed by atoms with Crippen LogP contribution in [-0.2, 0) is 23.0 Å². The van der Waals surface area contributed by atoms with Crippen molar-refractivity contribution in [1.29, 1.82) is 0 Å². The van der Waals surface area contributed by atoms with Crippen molar-refractivity contribution in [1.82, 2.24) is 4.57 Å². The summed E-state index contributed by atoms with van der Waals surface area (Å²) in [5.41, 5.74) is 2.37. The lowest BCUT2D eigenvalue weighted by Crippen LogP contribution is -2.14. The summed E-state index contributed by atoms with van der Waals surface area (Å²) >= 11 is 0.850. The van der Waals surface area contributed by atoms with Crippen LogP contribution in [0, 0.1) is 0 Å². The Morgan fingerprint density at radius 2 is 2.26 bits per heavy atom. The second-order valence-electron chi connectivity index (χ2n) is 5.34. The Kier molecular flexibility index (Phi) is 4.23. The molecule has 122 valence electrons. The van der Waals surface area contributed by atoms with Gasteiger partial charge in [-0.3, -0.25) is 4.79 Å². The molecule has 1 unspecified atom stereocenters. The number of aryl methyl sites for hydroxylation is 1. The zero-order chi connectivity index (χ0) is 16.6. The molecular weight excluding hydrogens is 318 g/mol. The number of nitrogens with zero attached hydrogens (tertiary/aromatic N) is 1. The Morgan fingerprint density at radius 3 is 3.00 bits per heavy atom. The van der Waals surface area contributed by atoms with Crippen LogP contribution in [0.15, 0.2) is 23.0 Å². The summed E-state index contributed by atoms with van der Waals surface area (Å²) in [5.74, 6) is 0.0599. The maximum absolute atomic E-state index is 12.0. The fourth-order valence-corrected chi connectivity index (χ4v) is 3.69. The first kappa shape index (κ1) is 15.8. The van der Waals surface area contributed by atoms with Crippen LogP contribution in [-0.4, -0.2) is 29.4 Å². The third-order valence-corrected chi connectivity index (χ3v) is 4.98. The number of benzene rings is 1. The van der Waals surface area contributed by atoms with Crippen molar-refractivity contribution in [3.05, 3.63) is 38.3 Å². The number of hydrogen-bond acceptors (Lipinski definition) is 6. The van der Waals surface area contributed by atoms with Crippen LogP contribution < -0.4 is 9.61 Å². The molecule has 1 aromatic heterocycles. The van der Waals surface area contributed by atoms with E-state index in [0.29, 0.717) is 17.2 Å². The zero-order valence-corrected chi connectivity index (χ0v) is 13.7. The molecule has 2 heterocycles. The van der Waals surface area contributed by atoms with Crippen LogP contribution in [0.2, 0.25) is 0 Å². The third-order valence-electron chi connectivity index (χ3n) is 3.89. The molecule has 1 N–H and O–H groups in total. The van der Waals surface area contributed by atoms with Crippen LogP contribution in [0.1, 0.15) is 23.0 Å². The second kappa shape index (κ2) is 6.17. The van der Waals surface area contributed by atoms with Gasteiger partial charge < -0.3 is 19.1 Å². The van der Waals surface area contributed by atoms with Gasteiger partial charge >= 0.3 is 10.8 Å². The molecule has 0 saturated heterocycles. The van der Waals surface area contributed by atoms with E-state index in [4.69, 9.17) is 4.74 Å². The van der Waals surface area contributed by atoms with E-state index in [2.05, 4.69) is 4.74 Å². The Morgan fingerprint density at radius 1 is 1.48 bits per heavy atom. The lowest BCUT2D eigenvalue weighted by atomic mass is 10.0. The van der Waals surface area contributed by atoms with E-state index in [1.54, 1.807) is 7.05 Å². The molecule has 0 saturated carbocycles. The van der Waals surface area contributed by atoms with E-state index in [1.165, 1.54) is 11.7 Å². The van der Waals surface area contributed by atoms with Gasteiger partial charge in [0.05, 0.1) is 24.3 Å². The molecule has 1 aromatic carbocycles. The van der Waals surface area contributed by atoms with E-state index >= 15 is 0 Å². The molecule has 2 aromatic rings. The maximum atomic E-state index is 12.0. The van der Waals surface area contributed by atoms with Gasteiger partial charge in [-0.1, -0.05) is 11.3 Å². The van der Waals surface area contributed by atoms with E-state index in [9.17, 15) is 14.7 Å². The molecule has 0 spiro atoms. The number of aliphatic hydroxyl groups is 1. The van der Waals surface area contributed by atoms with E-state index in [1.807, 2.05) is 18.2 Å². The molecule has 7 heteroatoms. The zero-order valence-electron chi connectivity index (χ0n) is 12.9. The first-order valence-corrected chi connectivity index (χ1v) is 8.06. The molecule has 0 fully saturated rings. The first-order chi connectivity index (χ1) is 11.0. The molecule has 0 aliphatic carbocycles. The van der Waals surface area contributed by atoms with Crippen molar-refractivity contribution in [2.45, 2.75) is 18.9 Å². The number of hydrogen-bond donors (Lipinski definition) is 1. The topological polar surface area (TPSA) is 77.8 Å². The normalized spacial score (nSPS) is 14.7. The standard InChI is InChI=1S/C16H17NO5S/c1-17-12(14(23-16(17)20)13(18)15(19)21-2)10-5-6-11-9(8-10)4-3-7-22-11/h5-6,8,13,18H,3-4,7H2,1-2H3. The van der Waals surface area contributed by atoms with Crippen LogP contribution in [0.25, 0.3) is 11.3 Å². The Hall–Kier alpha value is -2.12. The van der Waals surface area contributed by atoms with E-state index < -0.39 is 12.1 Å². The lowest BCUT2D eigenvalue weighted by molar-refractivity contribution is -0.150. The lowest BCUT2D eigenvalue weighted by Gasteiger charge is -2.18. The molecule has 6 nitrogen and oxygen atoms in total. The number of thiazole rings is 1. The van der Waals surface area contributed by atoms with Crippen LogP contribution in [0.5, 0.6) is 5.75 Å². The van der Waals surface area contributed by atoms with Gasteiger partial charge in [-0.25, -0.2) is 4.79 Å². The number of carbonyl (C=O) groups is 1. The summed E-state index contributed by atoms with van der Waals surface area (Å²) in [7, 11) is 2.82. The van der Waals surface area contributed by atoms with Gasteiger partial charge in [0.1, 0.15) is 5.75 Å². The van der Waals surface area contributed by atoms with Crippen molar-refractivity contribution >= 4 is 17.3 Å². The third kappa shape index (κ3) is 2.77.